The first kappa shape index (κ1) is 19.8. The number of amides is 1. The monoisotopic (exact) mass is 395 g/mol. The molecule has 2 aromatic rings. The minimum Gasteiger partial charge on any atom is -0.474 e. The van der Waals surface area contributed by atoms with Crippen molar-refractivity contribution in [2.45, 2.75) is 32.0 Å². The first-order valence-corrected chi connectivity index (χ1v) is 8.93. The summed E-state index contributed by atoms with van der Waals surface area (Å²) in [6, 6.07) is 5.57. The molecule has 0 bridgehead atoms. The highest BCUT2D eigenvalue weighted by molar-refractivity contribution is 5.92. The molecule has 2 aromatic heterocycles. The highest BCUT2D eigenvalue weighted by atomic mass is 19.4. The Kier molecular flexibility index (Phi) is 5.96. The number of alkyl halides is 3. The van der Waals surface area contributed by atoms with Crippen molar-refractivity contribution in [3.05, 3.63) is 41.7 Å². The van der Waals surface area contributed by atoms with Gasteiger partial charge in [0.05, 0.1) is 5.56 Å². The number of piperidine rings is 1. The lowest BCUT2D eigenvalue weighted by atomic mass is 10.1. The van der Waals surface area contributed by atoms with Crippen molar-refractivity contribution in [2.24, 2.45) is 0 Å². The quantitative estimate of drug-likeness (QED) is 0.839. The predicted octanol–water partition coefficient (Wildman–Crippen LogP) is 2.69. The van der Waals surface area contributed by atoms with E-state index in [1.165, 1.54) is 6.07 Å². The molecular weight excluding hydrogens is 375 g/mol. The summed E-state index contributed by atoms with van der Waals surface area (Å²) >= 11 is 0. The molecule has 28 heavy (non-hydrogen) atoms. The maximum absolute atomic E-state index is 12.6. The van der Waals surface area contributed by atoms with Gasteiger partial charge >= 0.3 is 6.18 Å². The summed E-state index contributed by atoms with van der Waals surface area (Å²) in [5.74, 6) is 0.578. The predicted molar refractivity (Wildman–Crippen MR) is 95.1 cm³/mol. The van der Waals surface area contributed by atoms with Crippen LogP contribution in [0.5, 0.6) is 5.88 Å². The SMILES string of the molecule is CCNC(=O)c1ccc(N2CCC(Oc3ccc(C(F)(F)F)cn3)CC2)nn1. The number of rotatable bonds is 5. The highest BCUT2D eigenvalue weighted by Crippen LogP contribution is 2.29. The van der Waals surface area contributed by atoms with Crippen LogP contribution in [0.3, 0.4) is 0 Å². The van der Waals surface area contributed by atoms with Crippen molar-refractivity contribution < 1.29 is 22.7 Å². The second kappa shape index (κ2) is 8.41. The van der Waals surface area contributed by atoms with E-state index in [0.717, 1.165) is 12.3 Å². The fraction of sp³-hybridized carbons (Fsp3) is 0.444. The molecule has 0 aliphatic carbocycles. The van der Waals surface area contributed by atoms with Crippen molar-refractivity contribution in [3.63, 3.8) is 0 Å². The molecule has 1 aliphatic rings. The molecule has 3 heterocycles. The van der Waals surface area contributed by atoms with Crippen molar-refractivity contribution in [1.29, 1.82) is 0 Å². The van der Waals surface area contributed by atoms with Gasteiger partial charge in [0.15, 0.2) is 11.5 Å². The zero-order valence-corrected chi connectivity index (χ0v) is 15.2. The number of carbonyl (C=O) groups excluding carboxylic acids is 1. The van der Waals surface area contributed by atoms with E-state index in [1.54, 1.807) is 12.1 Å². The van der Waals surface area contributed by atoms with Gasteiger partial charge in [-0.1, -0.05) is 0 Å². The summed E-state index contributed by atoms with van der Waals surface area (Å²) in [5, 5.41) is 10.7. The van der Waals surface area contributed by atoms with E-state index >= 15 is 0 Å². The summed E-state index contributed by atoms with van der Waals surface area (Å²) in [4.78, 5) is 17.5. The van der Waals surface area contributed by atoms with Crippen molar-refractivity contribution in [1.82, 2.24) is 20.5 Å². The molecule has 7 nitrogen and oxygen atoms in total. The number of hydrogen-bond donors (Lipinski definition) is 1. The molecule has 3 rings (SSSR count). The third kappa shape index (κ3) is 4.87. The number of carbonyl (C=O) groups is 1. The van der Waals surface area contributed by atoms with Crippen LogP contribution in [0.15, 0.2) is 30.5 Å². The Hall–Kier alpha value is -2.91. The maximum atomic E-state index is 12.6. The third-order valence-electron chi connectivity index (χ3n) is 4.34. The Bertz CT molecular complexity index is 788. The van der Waals surface area contributed by atoms with Crippen LogP contribution in [-0.2, 0) is 6.18 Å². The van der Waals surface area contributed by atoms with Gasteiger partial charge in [-0.15, -0.1) is 10.2 Å². The number of anilines is 1. The summed E-state index contributed by atoms with van der Waals surface area (Å²) < 4.78 is 43.4. The Balaban J connectivity index is 1.52. The van der Waals surface area contributed by atoms with Crippen molar-refractivity contribution in [3.8, 4) is 5.88 Å². The minimum absolute atomic E-state index is 0.136. The fourth-order valence-corrected chi connectivity index (χ4v) is 2.86. The van der Waals surface area contributed by atoms with Gasteiger partial charge in [-0.25, -0.2) is 4.98 Å². The molecule has 1 aliphatic heterocycles. The first-order valence-electron chi connectivity index (χ1n) is 8.93. The molecular formula is C18H20F3N5O2. The van der Waals surface area contributed by atoms with Gasteiger partial charge in [0, 0.05) is 44.7 Å². The van der Waals surface area contributed by atoms with Gasteiger partial charge in [-0.05, 0) is 25.1 Å². The lowest BCUT2D eigenvalue weighted by molar-refractivity contribution is -0.137. The van der Waals surface area contributed by atoms with Gasteiger partial charge in [0.1, 0.15) is 6.10 Å². The molecule has 0 aromatic carbocycles. The highest BCUT2D eigenvalue weighted by Gasteiger charge is 2.31. The number of nitrogens with zero attached hydrogens (tertiary/aromatic N) is 4. The van der Waals surface area contributed by atoms with Gasteiger partial charge in [-0.3, -0.25) is 4.79 Å². The van der Waals surface area contributed by atoms with Crippen LogP contribution in [0.1, 0.15) is 35.8 Å². The van der Waals surface area contributed by atoms with Crippen molar-refractivity contribution >= 4 is 11.7 Å². The van der Waals surface area contributed by atoms with Crippen LogP contribution in [0.2, 0.25) is 0 Å². The standard InChI is InChI=1S/C18H20F3N5O2/c1-2-22-17(27)14-4-5-15(25-24-14)26-9-7-13(8-10-26)28-16-6-3-12(11-23-16)18(19,20)21/h3-6,11,13H,2,7-10H2,1H3,(H,22,27). The van der Waals surface area contributed by atoms with E-state index < -0.39 is 11.7 Å². The summed E-state index contributed by atoms with van der Waals surface area (Å²) in [5.41, 5.74) is -0.540. The van der Waals surface area contributed by atoms with Crippen LogP contribution in [0, 0.1) is 0 Å². The molecule has 10 heteroatoms. The van der Waals surface area contributed by atoms with Gasteiger partial charge in [0.2, 0.25) is 5.88 Å². The summed E-state index contributed by atoms with van der Waals surface area (Å²) in [7, 11) is 0. The number of hydrogen-bond acceptors (Lipinski definition) is 6. The maximum Gasteiger partial charge on any atom is 0.417 e. The zero-order chi connectivity index (χ0) is 20.1. The molecule has 0 saturated carbocycles. The average Bonchev–Trinajstić information content (AvgIpc) is 2.69. The molecule has 0 radical (unpaired) electrons. The Labute approximate surface area is 159 Å². The van der Waals surface area contributed by atoms with E-state index in [0.29, 0.717) is 38.3 Å². The molecule has 150 valence electrons. The number of pyridine rings is 1. The smallest absolute Gasteiger partial charge is 0.417 e. The summed E-state index contributed by atoms with van der Waals surface area (Å²) in [6.45, 7) is 3.65. The number of ether oxygens (including phenoxy) is 1. The topological polar surface area (TPSA) is 80.2 Å². The number of aromatic nitrogens is 3. The Morgan fingerprint density at radius 2 is 1.96 bits per heavy atom. The molecule has 0 atom stereocenters. The molecule has 1 saturated heterocycles. The minimum atomic E-state index is -4.41. The zero-order valence-electron chi connectivity index (χ0n) is 15.2. The largest absolute Gasteiger partial charge is 0.474 e. The molecule has 1 fully saturated rings. The first-order chi connectivity index (χ1) is 13.4. The van der Waals surface area contributed by atoms with E-state index in [-0.39, 0.29) is 23.6 Å². The van der Waals surface area contributed by atoms with E-state index in [2.05, 4.69) is 20.5 Å². The molecule has 1 N–H and O–H groups in total. The molecule has 1 amide bonds. The Morgan fingerprint density at radius 3 is 2.50 bits per heavy atom. The van der Waals surface area contributed by atoms with Gasteiger partial charge in [0.25, 0.3) is 5.91 Å². The van der Waals surface area contributed by atoms with E-state index in [4.69, 9.17) is 4.74 Å². The van der Waals surface area contributed by atoms with Crippen LogP contribution in [0.4, 0.5) is 19.0 Å². The number of halogens is 3. The summed E-state index contributed by atoms with van der Waals surface area (Å²) in [6.07, 6.45) is -2.44. The van der Waals surface area contributed by atoms with Crippen molar-refractivity contribution in [2.75, 3.05) is 24.5 Å². The van der Waals surface area contributed by atoms with Crippen LogP contribution < -0.4 is 15.0 Å². The van der Waals surface area contributed by atoms with Crippen LogP contribution >= 0.6 is 0 Å². The molecule has 0 spiro atoms. The fourth-order valence-electron chi connectivity index (χ4n) is 2.86. The van der Waals surface area contributed by atoms with Gasteiger partial charge in [-0.2, -0.15) is 13.2 Å². The normalized spacial score (nSPS) is 15.4. The lowest BCUT2D eigenvalue weighted by Crippen LogP contribution is -2.39. The van der Waals surface area contributed by atoms with Gasteiger partial charge < -0.3 is 15.0 Å². The second-order valence-electron chi connectivity index (χ2n) is 6.32. The average molecular weight is 395 g/mol. The number of nitrogens with one attached hydrogen (secondary N) is 1. The van der Waals surface area contributed by atoms with Crippen LogP contribution in [-0.4, -0.2) is 46.8 Å². The van der Waals surface area contributed by atoms with E-state index in [9.17, 15) is 18.0 Å². The van der Waals surface area contributed by atoms with Crippen LogP contribution in [0.25, 0.3) is 0 Å². The third-order valence-corrected chi connectivity index (χ3v) is 4.34. The van der Waals surface area contributed by atoms with E-state index in [1.807, 2.05) is 11.8 Å². The molecule has 0 unspecified atom stereocenters. The lowest BCUT2D eigenvalue weighted by Gasteiger charge is -2.32. The second-order valence-corrected chi connectivity index (χ2v) is 6.32. The Morgan fingerprint density at radius 1 is 1.21 bits per heavy atom.